The fourth-order valence-corrected chi connectivity index (χ4v) is 5.74. The van der Waals surface area contributed by atoms with E-state index in [-0.39, 0.29) is 33.7 Å². The number of anilines is 1. The maximum Gasteiger partial charge on any atom is 0.203 e. The minimum absolute atomic E-state index is 0.00984. The van der Waals surface area contributed by atoms with Gasteiger partial charge in [0.05, 0.1) is 10.9 Å². The Balaban J connectivity index is 1.58. The Kier molecular flexibility index (Phi) is 6.78. The highest BCUT2D eigenvalue weighted by molar-refractivity contribution is 7.90. The Morgan fingerprint density at radius 2 is 1.67 bits per heavy atom. The minimum atomic E-state index is -3.53. The second-order valence-electron chi connectivity index (χ2n) is 10.1. The molecular weight excluding hydrogens is 578 g/mol. The second kappa shape index (κ2) is 10.4. The number of sulfone groups is 1. The number of fused-ring (bicyclic) bond motifs is 2. The fraction of sp³-hybridized carbons (Fsp3) is 0.133. The average molecular weight is 603 g/mol. The van der Waals surface area contributed by atoms with Crippen LogP contribution >= 0.6 is 0 Å². The molecule has 0 aliphatic rings. The van der Waals surface area contributed by atoms with Crippen molar-refractivity contribution in [3.05, 3.63) is 106 Å². The van der Waals surface area contributed by atoms with Crippen LogP contribution in [0.15, 0.2) is 82.3 Å². The van der Waals surface area contributed by atoms with E-state index in [0.29, 0.717) is 27.9 Å². The highest BCUT2D eigenvalue weighted by atomic mass is 32.2. The van der Waals surface area contributed by atoms with E-state index < -0.39 is 38.3 Å². The van der Waals surface area contributed by atoms with Crippen LogP contribution in [0.4, 0.5) is 14.6 Å². The molecule has 0 spiro atoms. The van der Waals surface area contributed by atoms with Gasteiger partial charge in [-0.1, -0.05) is 42.5 Å². The van der Waals surface area contributed by atoms with Crippen LogP contribution in [-0.2, 0) is 9.84 Å². The summed E-state index contributed by atoms with van der Waals surface area (Å²) in [7, 11) is -3.53. The number of nitrogen functional groups attached to an aromatic ring is 1. The number of halogens is 2. The molecule has 0 saturated carbocycles. The molecule has 13 heteroatoms. The third kappa shape index (κ3) is 4.81. The van der Waals surface area contributed by atoms with E-state index in [1.165, 1.54) is 47.4 Å². The first-order valence-electron chi connectivity index (χ1n) is 13.0. The van der Waals surface area contributed by atoms with E-state index in [4.69, 9.17) is 21.0 Å². The van der Waals surface area contributed by atoms with Crippen molar-refractivity contribution in [3.8, 4) is 22.4 Å². The van der Waals surface area contributed by atoms with Crippen molar-refractivity contribution in [3.63, 3.8) is 0 Å². The van der Waals surface area contributed by atoms with Crippen molar-refractivity contribution in [2.75, 3.05) is 12.0 Å². The van der Waals surface area contributed by atoms with Crippen LogP contribution in [0.1, 0.15) is 29.7 Å². The van der Waals surface area contributed by atoms with Gasteiger partial charge in [0.2, 0.25) is 5.43 Å². The number of nitrogens with two attached hydrogens (primary N) is 2. The highest BCUT2D eigenvalue weighted by Gasteiger charge is 2.28. The van der Waals surface area contributed by atoms with E-state index in [0.717, 1.165) is 12.3 Å². The Morgan fingerprint density at radius 1 is 0.953 bits per heavy atom. The fourth-order valence-electron chi connectivity index (χ4n) is 5.08. The van der Waals surface area contributed by atoms with E-state index in [1.54, 1.807) is 31.2 Å². The Hall–Kier alpha value is -5.01. The molecule has 0 amide bonds. The van der Waals surface area contributed by atoms with Crippen LogP contribution in [-0.4, -0.2) is 34.4 Å². The molecular formula is C30H24F2N6O4S. The zero-order valence-electron chi connectivity index (χ0n) is 22.8. The van der Waals surface area contributed by atoms with Gasteiger partial charge in [-0.05, 0) is 42.3 Å². The third-order valence-corrected chi connectivity index (χ3v) is 8.44. The molecule has 218 valence electrons. The molecule has 10 nitrogen and oxygen atoms in total. The van der Waals surface area contributed by atoms with Gasteiger partial charge in [-0.25, -0.2) is 31.8 Å². The van der Waals surface area contributed by atoms with Crippen molar-refractivity contribution >= 4 is 37.7 Å². The molecule has 3 aromatic carbocycles. The molecule has 2 atom stereocenters. The molecule has 3 heterocycles. The van der Waals surface area contributed by atoms with Crippen LogP contribution in [0.5, 0.6) is 0 Å². The number of nitrogens with zero attached hydrogens (tertiary/aromatic N) is 4. The summed E-state index contributed by atoms with van der Waals surface area (Å²) < 4.78 is 60.7. The van der Waals surface area contributed by atoms with Crippen LogP contribution in [0, 0.1) is 11.6 Å². The quantitative estimate of drug-likeness (QED) is 0.274. The molecule has 0 bridgehead atoms. The van der Waals surface area contributed by atoms with Crippen molar-refractivity contribution in [1.29, 1.82) is 0 Å². The molecule has 0 aliphatic heterocycles. The summed E-state index contributed by atoms with van der Waals surface area (Å²) in [6.45, 7) is 1.70. The molecule has 43 heavy (non-hydrogen) atoms. The van der Waals surface area contributed by atoms with E-state index in [1.807, 2.05) is 0 Å². The molecule has 0 radical (unpaired) electrons. The van der Waals surface area contributed by atoms with Gasteiger partial charge in [0, 0.05) is 11.8 Å². The largest absolute Gasteiger partial charge is 0.458 e. The molecule has 0 fully saturated rings. The van der Waals surface area contributed by atoms with Crippen LogP contribution in [0.25, 0.3) is 44.4 Å². The second-order valence-corrected chi connectivity index (χ2v) is 12.3. The maximum absolute atomic E-state index is 14.8. The number of hydrogen-bond donors (Lipinski definition) is 2. The minimum Gasteiger partial charge on any atom is -0.458 e. The SMILES string of the molecule is CC(c1oc2cccc(F)c2c(=O)c1-c1cccc(F)c1)n1nc(-c2ccc(C(N)S(C)(=O)=O)cc2)c2c(N)ncnc21. The van der Waals surface area contributed by atoms with E-state index in [2.05, 4.69) is 9.97 Å². The van der Waals surface area contributed by atoms with Gasteiger partial charge < -0.3 is 15.9 Å². The standard InChI is InChI=1S/C30H24F2N6O4S/c1-15(27-22(18-5-3-6-19(31)13-18)26(39)23-20(32)7-4-8-21(23)42-27)38-30-24(28(33)35-14-36-30)25(37-38)16-9-11-17(12-10-16)29(34)43(2,40)41/h3-15,29H,34H2,1-2H3,(H2,33,35,36). The zero-order valence-corrected chi connectivity index (χ0v) is 23.6. The number of benzene rings is 3. The molecule has 6 aromatic rings. The van der Waals surface area contributed by atoms with Crippen molar-refractivity contribution in [2.24, 2.45) is 5.73 Å². The smallest absolute Gasteiger partial charge is 0.203 e. The lowest BCUT2D eigenvalue weighted by Crippen LogP contribution is -2.20. The Morgan fingerprint density at radius 3 is 2.37 bits per heavy atom. The third-order valence-electron chi connectivity index (χ3n) is 7.25. The molecule has 3 aromatic heterocycles. The van der Waals surface area contributed by atoms with Crippen molar-refractivity contribution in [2.45, 2.75) is 18.3 Å². The van der Waals surface area contributed by atoms with Gasteiger partial charge in [0.15, 0.2) is 15.5 Å². The maximum atomic E-state index is 14.8. The van der Waals surface area contributed by atoms with Gasteiger partial charge in [-0.2, -0.15) is 5.10 Å². The number of hydrogen-bond acceptors (Lipinski definition) is 9. The van der Waals surface area contributed by atoms with E-state index in [9.17, 15) is 22.0 Å². The number of rotatable bonds is 6. The van der Waals surface area contributed by atoms with Gasteiger partial charge in [-0.15, -0.1) is 0 Å². The van der Waals surface area contributed by atoms with Crippen molar-refractivity contribution in [1.82, 2.24) is 19.7 Å². The zero-order chi connectivity index (χ0) is 30.6. The lowest BCUT2D eigenvalue weighted by Gasteiger charge is -2.17. The number of aromatic nitrogens is 4. The summed E-state index contributed by atoms with van der Waals surface area (Å²) in [4.78, 5) is 22.3. The van der Waals surface area contributed by atoms with Gasteiger partial charge in [-0.3, -0.25) is 4.79 Å². The van der Waals surface area contributed by atoms with Gasteiger partial charge in [0.25, 0.3) is 0 Å². The molecule has 6 rings (SSSR count). The first kappa shape index (κ1) is 28.1. The first-order chi connectivity index (χ1) is 20.5. The van der Waals surface area contributed by atoms with Crippen molar-refractivity contribution < 1.29 is 21.6 Å². The lowest BCUT2D eigenvalue weighted by molar-refractivity contribution is 0.445. The molecule has 0 saturated heterocycles. The Bertz CT molecular complexity index is 2220. The van der Waals surface area contributed by atoms with Crippen LogP contribution in [0.3, 0.4) is 0 Å². The monoisotopic (exact) mass is 602 g/mol. The Labute approximate surface area is 243 Å². The van der Waals surface area contributed by atoms with E-state index >= 15 is 0 Å². The average Bonchev–Trinajstić information content (AvgIpc) is 3.37. The topological polar surface area (TPSA) is 160 Å². The summed E-state index contributed by atoms with van der Waals surface area (Å²) in [5.41, 5.74) is 13.3. The summed E-state index contributed by atoms with van der Waals surface area (Å²) >= 11 is 0. The van der Waals surface area contributed by atoms with Crippen LogP contribution < -0.4 is 16.9 Å². The summed E-state index contributed by atoms with van der Waals surface area (Å²) in [5.74, 6) is -1.14. The van der Waals surface area contributed by atoms with Gasteiger partial charge >= 0.3 is 0 Å². The summed E-state index contributed by atoms with van der Waals surface area (Å²) in [6, 6.07) is 15.1. The van der Waals surface area contributed by atoms with Crippen LogP contribution in [0.2, 0.25) is 0 Å². The molecule has 0 aliphatic carbocycles. The lowest BCUT2D eigenvalue weighted by atomic mass is 9.99. The predicted molar refractivity (Wildman–Crippen MR) is 159 cm³/mol. The predicted octanol–water partition coefficient (Wildman–Crippen LogP) is 4.74. The summed E-state index contributed by atoms with van der Waals surface area (Å²) in [6.07, 6.45) is 2.32. The van der Waals surface area contributed by atoms with Gasteiger partial charge in [0.1, 0.15) is 57.6 Å². The molecule has 2 unspecified atom stereocenters. The first-order valence-corrected chi connectivity index (χ1v) is 15.0. The normalized spacial score (nSPS) is 13.4. The highest BCUT2D eigenvalue weighted by Crippen LogP contribution is 2.37. The summed E-state index contributed by atoms with van der Waals surface area (Å²) in [5, 5.41) is 3.71. The molecule has 4 N–H and O–H groups in total.